The predicted octanol–water partition coefficient (Wildman–Crippen LogP) is 4.20. The molecule has 3 rings (SSSR count). The Hall–Kier alpha value is -3.13. The van der Waals surface area contributed by atoms with Crippen LogP contribution < -0.4 is 10.2 Å². The van der Waals surface area contributed by atoms with Gasteiger partial charge in [-0.1, -0.05) is 25.4 Å². The maximum atomic E-state index is 12.4. The van der Waals surface area contributed by atoms with E-state index in [-0.39, 0.29) is 17.5 Å². The lowest BCUT2D eigenvalue weighted by Gasteiger charge is -2.36. The first kappa shape index (κ1) is 22.6. The van der Waals surface area contributed by atoms with Crippen LogP contribution in [0.5, 0.6) is 0 Å². The lowest BCUT2D eigenvalue weighted by Crippen LogP contribution is -2.49. The van der Waals surface area contributed by atoms with Crippen molar-refractivity contribution in [1.82, 2.24) is 4.90 Å². The number of carbonyl (C=O) groups is 2. The van der Waals surface area contributed by atoms with Crippen molar-refractivity contribution in [3.05, 3.63) is 63.2 Å². The summed E-state index contributed by atoms with van der Waals surface area (Å²) in [5, 5.41) is 14.0. The lowest BCUT2D eigenvalue weighted by molar-refractivity contribution is -0.384. The van der Waals surface area contributed by atoms with Crippen molar-refractivity contribution in [2.75, 3.05) is 36.4 Å². The molecule has 2 amide bonds. The zero-order valence-corrected chi connectivity index (χ0v) is 18.3. The number of non-ortho nitro benzene ring substituents is 1. The Bertz CT molecular complexity index is 970. The van der Waals surface area contributed by atoms with E-state index in [0.29, 0.717) is 54.8 Å². The molecule has 0 radical (unpaired) electrons. The monoisotopic (exact) mass is 444 g/mol. The summed E-state index contributed by atoms with van der Waals surface area (Å²) in [6.07, 6.45) is 0.559. The molecule has 1 aliphatic rings. The zero-order chi connectivity index (χ0) is 22.5. The van der Waals surface area contributed by atoms with Crippen molar-refractivity contribution in [2.45, 2.75) is 20.3 Å². The van der Waals surface area contributed by atoms with E-state index in [0.717, 1.165) is 5.69 Å². The first-order chi connectivity index (χ1) is 14.7. The Kier molecular flexibility index (Phi) is 7.12. The summed E-state index contributed by atoms with van der Waals surface area (Å²) in [5.74, 6) is 0.148. The van der Waals surface area contributed by atoms with Crippen LogP contribution in [-0.4, -0.2) is 47.8 Å². The van der Waals surface area contributed by atoms with E-state index in [1.807, 2.05) is 24.8 Å². The average molecular weight is 445 g/mol. The van der Waals surface area contributed by atoms with E-state index in [4.69, 9.17) is 11.6 Å². The number of carbonyl (C=O) groups excluding carboxylic acids is 2. The Morgan fingerprint density at radius 1 is 1.10 bits per heavy atom. The fourth-order valence-electron chi connectivity index (χ4n) is 3.45. The molecule has 1 N–H and O–H groups in total. The highest BCUT2D eigenvalue weighted by molar-refractivity contribution is 6.33. The number of anilines is 2. The van der Waals surface area contributed by atoms with E-state index in [1.54, 1.807) is 12.1 Å². The third kappa shape index (κ3) is 5.73. The summed E-state index contributed by atoms with van der Waals surface area (Å²) in [5.41, 5.74) is 1.62. The first-order valence-corrected chi connectivity index (χ1v) is 10.5. The van der Waals surface area contributed by atoms with Gasteiger partial charge in [-0.3, -0.25) is 19.7 Å². The number of piperazine rings is 1. The van der Waals surface area contributed by atoms with Crippen LogP contribution in [-0.2, 0) is 4.79 Å². The molecule has 1 aliphatic heterocycles. The highest BCUT2D eigenvalue weighted by atomic mass is 35.5. The molecular weight excluding hydrogens is 420 g/mol. The van der Waals surface area contributed by atoms with Gasteiger partial charge in [0, 0.05) is 56.0 Å². The summed E-state index contributed by atoms with van der Waals surface area (Å²) >= 11 is 6.47. The maximum absolute atomic E-state index is 12.4. The number of benzene rings is 2. The van der Waals surface area contributed by atoms with Gasteiger partial charge in [-0.05, 0) is 36.2 Å². The van der Waals surface area contributed by atoms with Gasteiger partial charge in [0.2, 0.25) is 5.91 Å². The van der Waals surface area contributed by atoms with Gasteiger partial charge in [0.05, 0.1) is 15.6 Å². The van der Waals surface area contributed by atoms with Crippen LogP contribution in [0.3, 0.4) is 0 Å². The van der Waals surface area contributed by atoms with Crippen LogP contribution in [0, 0.1) is 16.0 Å². The molecule has 0 spiro atoms. The second-order valence-electron chi connectivity index (χ2n) is 7.89. The van der Waals surface area contributed by atoms with Crippen molar-refractivity contribution in [1.29, 1.82) is 0 Å². The molecule has 1 heterocycles. The van der Waals surface area contributed by atoms with Crippen LogP contribution in [0.2, 0.25) is 5.02 Å². The molecule has 0 aromatic heterocycles. The molecule has 0 unspecified atom stereocenters. The topological polar surface area (TPSA) is 95.8 Å². The normalized spacial score (nSPS) is 13.9. The van der Waals surface area contributed by atoms with Gasteiger partial charge in [-0.2, -0.15) is 0 Å². The number of amides is 2. The Morgan fingerprint density at radius 2 is 1.74 bits per heavy atom. The highest BCUT2D eigenvalue weighted by Crippen LogP contribution is 2.30. The molecule has 0 saturated carbocycles. The molecule has 1 saturated heterocycles. The van der Waals surface area contributed by atoms with Crippen molar-refractivity contribution in [3.8, 4) is 0 Å². The third-order valence-electron chi connectivity index (χ3n) is 5.10. The molecule has 31 heavy (non-hydrogen) atoms. The van der Waals surface area contributed by atoms with Crippen LogP contribution in [0.4, 0.5) is 17.1 Å². The molecular formula is C22H25ClN4O4. The number of halogens is 1. The van der Waals surface area contributed by atoms with Crippen LogP contribution >= 0.6 is 11.6 Å². The average Bonchev–Trinajstić information content (AvgIpc) is 2.73. The molecule has 0 bridgehead atoms. The van der Waals surface area contributed by atoms with Gasteiger partial charge < -0.3 is 15.1 Å². The first-order valence-electron chi connectivity index (χ1n) is 10.1. The number of nitro benzene ring substituents is 1. The van der Waals surface area contributed by atoms with E-state index in [1.165, 1.54) is 24.3 Å². The summed E-state index contributed by atoms with van der Waals surface area (Å²) in [7, 11) is 0. The lowest BCUT2D eigenvalue weighted by atomic mass is 10.1. The number of nitrogens with one attached hydrogen (secondary N) is 1. The second-order valence-corrected chi connectivity index (χ2v) is 8.30. The Balaban J connectivity index is 1.61. The minimum Gasteiger partial charge on any atom is -0.367 e. The number of nitrogens with zero attached hydrogens (tertiary/aromatic N) is 3. The molecule has 9 heteroatoms. The minimum absolute atomic E-state index is 0.0741. The number of rotatable bonds is 6. The zero-order valence-electron chi connectivity index (χ0n) is 17.5. The number of hydrogen-bond acceptors (Lipinski definition) is 5. The van der Waals surface area contributed by atoms with Crippen molar-refractivity contribution >= 4 is 40.5 Å². The second kappa shape index (κ2) is 9.78. The number of nitro groups is 1. The van der Waals surface area contributed by atoms with Crippen LogP contribution in [0.25, 0.3) is 0 Å². The van der Waals surface area contributed by atoms with Gasteiger partial charge in [-0.15, -0.1) is 0 Å². The minimum atomic E-state index is -0.514. The molecule has 2 aromatic carbocycles. The third-order valence-corrected chi connectivity index (χ3v) is 5.40. The summed E-state index contributed by atoms with van der Waals surface area (Å²) < 4.78 is 0. The Labute approximate surface area is 185 Å². The fourth-order valence-corrected chi connectivity index (χ4v) is 3.75. The molecule has 1 fully saturated rings. The summed E-state index contributed by atoms with van der Waals surface area (Å²) in [6, 6.07) is 10.7. The Morgan fingerprint density at radius 3 is 2.29 bits per heavy atom. The molecule has 0 aliphatic carbocycles. The fraction of sp³-hybridized carbons (Fsp3) is 0.364. The SMILES string of the molecule is CC(C)CC(=O)N1CCN(c2ccc(NC(=O)c3ccc([N+](=O)[O-])cc3)cc2Cl)CC1. The molecule has 2 aromatic rings. The molecule has 8 nitrogen and oxygen atoms in total. The van der Waals surface area contributed by atoms with Gasteiger partial charge >= 0.3 is 0 Å². The van der Waals surface area contributed by atoms with Gasteiger partial charge in [-0.25, -0.2) is 0 Å². The molecule has 164 valence electrons. The summed E-state index contributed by atoms with van der Waals surface area (Å²) in [6.45, 7) is 6.77. The van der Waals surface area contributed by atoms with Gasteiger partial charge in [0.1, 0.15) is 0 Å². The largest absolute Gasteiger partial charge is 0.367 e. The highest BCUT2D eigenvalue weighted by Gasteiger charge is 2.23. The number of hydrogen-bond donors (Lipinski definition) is 1. The standard InChI is InChI=1S/C22H25ClN4O4/c1-15(2)13-21(28)26-11-9-25(10-12-26)20-8-5-17(14-19(20)23)24-22(29)16-3-6-18(7-4-16)27(30)31/h3-8,14-15H,9-13H2,1-2H3,(H,24,29). The van der Waals surface area contributed by atoms with E-state index in [2.05, 4.69) is 10.2 Å². The van der Waals surface area contributed by atoms with Gasteiger partial charge in [0.25, 0.3) is 11.6 Å². The van der Waals surface area contributed by atoms with Crippen molar-refractivity contribution < 1.29 is 14.5 Å². The van der Waals surface area contributed by atoms with Crippen molar-refractivity contribution in [2.24, 2.45) is 5.92 Å². The predicted molar refractivity (Wildman–Crippen MR) is 121 cm³/mol. The smallest absolute Gasteiger partial charge is 0.269 e. The maximum Gasteiger partial charge on any atom is 0.269 e. The van der Waals surface area contributed by atoms with E-state index in [9.17, 15) is 19.7 Å². The van der Waals surface area contributed by atoms with Crippen molar-refractivity contribution in [3.63, 3.8) is 0 Å². The van der Waals surface area contributed by atoms with Gasteiger partial charge in [0.15, 0.2) is 0 Å². The van der Waals surface area contributed by atoms with E-state index < -0.39 is 4.92 Å². The van der Waals surface area contributed by atoms with Crippen LogP contribution in [0.15, 0.2) is 42.5 Å². The van der Waals surface area contributed by atoms with E-state index >= 15 is 0 Å². The molecule has 0 atom stereocenters. The quantitative estimate of drug-likeness (QED) is 0.532. The summed E-state index contributed by atoms with van der Waals surface area (Å²) in [4.78, 5) is 38.9. The van der Waals surface area contributed by atoms with Crippen LogP contribution in [0.1, 0.15) is 30.6 Å².